The quantitative estimate of drug-likeness (QED) is 0.332. The average molecular weight is 284 g/mol. The van der Waals surface area contributed by atoms with Crippen molar-refractivity contribution >= 4 is 69.4 Å². The zero-order valence-electron chi connectivity index (χ0n) is 6.77. The van der Waals surface area contributed by atoms with Crippen molar-refractivity contribution in [3.05, 3.63) is 18.0 Å². The van der Waals surface area contributed by atoms with Crippen LogP contribution in [0.4, 0.5) is 0 Å². The number of rotatable bonds is 3. The van der Waals surface area contributed by atoms with Crippen LogP contribution in [0.3, 0.4) is 0 Å². The second-order valence-corrected chi connectivity index (χ2v) is 7.32. The number of aromatic nitrogens is 2. The van der Waals surface area contributed by atoms with Gasteiger partial charge in [0.05, 0.1) is 11.8 Å². The number of aldehydes is 1. The molecule has 1 rings (SSSR count). The van der Waals surface area contributed by atoms with E-state index >= 15 is 0 Å². The van der Waals surface area contributed by atoms with Gasteiger partial charge in [0.1, 0.15) is 3.41 Å². The minimum Gasteiger partial charge on any atom is -0.298 e. The summed E-state index contributed by atoms with van der Waals surface area (Å²) in [5.41, 5.74) is 0.428. The molecule has 0 unspecified atom stereocenters. The molecule has 14 heavy (non-hydrogen) atoms. The van der Waals surface area contributed by atoms with Gasteiger partial charge in [-0.25, -0.2) is 4.68 Å². The average Bonchev–Trinajstić information content (AvgIpc) is 2.49. The molecule has 0 aliphatic carbocycles. The van der Waals surface area contributed by atoms with Crippen molar-refractivity contribution in [2.75, 3.05) is 0 Å². The molecule has 1 aromatic rings. The first-order chi connectivity index (χ1) is 6.29. The normalized spacial score (nSPS) is 12.9. The van der Waals surface area contributed by atoms with E-state index in [1.807, 2.05) is 0 Å². The second kappa shape index (κ2) is 4.25. The van der Waals surface area contributed by atoms with Crippen LogP contribution < -0.4 is 0 Å². The van der Waals surface area contributed by atoms with Crippen molar-refractivity contribution in [1.29, 1.82) is 0 Å². The van der Waals surface area contributed by atoms with E-state index in [9.17, 15) is 4.79 Å². The van der Waals surface area contributed by atoms with Crippen LogP contribution in [-0.4, -0.2) is 19.5 Å². The lowest BCUT2D eigenvalue weighted by molar-refractivity contribution is 0.112. The zero-order valence-corrected chi connectivity index (χ0v) is 11.2. The monoisotopic (exact) mass is 284 g/mol. The van der Waals surface area contributed by atoms with Gasteiger partial charge in [-0.05, 0) is 0 Å². The van der Waals surface area contributed by atoms with E-state index in [0.29, 0.717) is 11.8 Å². The van der Waals surface area contributed by atoms with E-state index in [2.05, 4.69) is 68.2 Å². The Morgan fingerprint density at radius 3 is 2.21 bits per heavy atom. The molecule has 0 aliphatic rings. The molecule has 0 amide bonds. The number of hydrogen-bond acceptors (Lipinski definition) is 7. The Balaban J connectivity index is 3.09. The van der Waals surface area contributed by atoms with E-state index < -0.39 is 7.61 Å². The molecule has 0 saturated heterocycles. The highest BCUT2D eigenvalue weighted by atomic mass is 32.2. The summed E-state index contributed by atoms with van der Waals surface area (Å²) in [5.74, 6) is 0. The van der Waals surface area contributed by atoms with Crippen LogP contribution in [0.5, 0.6) is 0 Å². The Morgan fingerprint density at radius 2 is 1.86 bits per heavy atom. The molecule has 0 fully saturated rings. The van der Waals surface area contributed by atoms with Crippen LogP contribution in [0.25, 0.3) is 0 Å². The Labute approximate surface area is 109 Å². The molecule has 0 aromatic carbocycles. The van der Waals surface area contributed by atoms with Gasteiger partial charge in [-0.3, -0.25) is 4.79 Å². The lowest BCUT2D eigenvalue weighted by Gasteiger charge is -2.33. The van der Waals surface area contributed by atoms with E-state index in [1.54, 1.807) is 0 Å². The van der Waals surface area contributed by atoms with Crippen LogP contribution in [0.1, 0.15) is 10.4 Å². The zero-order chi connectivity index (χ0) is 11.0. The minimum absolute atomic E-state index is 0.428. The Bertz CT molecular complexity index is 342. The number of carbonyl (C=O) groups excluding carboxylic acids is 1. The fraction of sp³-hybridized carbons (Fsp3) is 0.333. The molecule has 0 radical (unpaired) electrons. The van der Waals surface area contributed by atoms with Gasteiger partial charge in [0.15, 0.2) is 10.5 Å². The summed E-state index contributed by atoms with van der Waals surface area (Å²) < 4.78 is -0.856. The Morgan fingerprint density at radius 1 is 1.29 bits per heavy atom. The molecule has 8 heteroatoms. The highest BCUT2D eigenvalue weighted by molar-refractivity contribution is 8.20. The van der Waals surface area contributed by atoms with Crippen molar-refractivity contribution in [2.24, 2.45) is 0 Å². The number of nitrogens with zero attached hydrogens (tertiary/aromatic N) is 2. The summed E-state index contributed by atoms with van der Waals surface area (Å²) in [6, 6.07) is 0. The van der Waals surface area contributed by atoms with E-state index in [-0.39, 0.29) is 0 Å². The highest BCUT2D eigenvalue weighted by Crippen LogP contribution is 2.47. The fourth-order valence-corrected chi connectivity index (χ4v) is 1.25. The van der Waals surface area contributed by atoms with E-state index in [4.69, 9.17) is 0 Å². The van der Waals surface area contributed by atoms with Gasteiger partial charge < -0.3 is 0 Å². The summed E-state index contributed by atoms with van der Waals surface area (Å²) >= 11 is 20.8. The first-order valence-electron chi connectivity index (χ1n) is 3.41. The van der Waals surface area contributed by atoms with Crippen molar-refractivity contribution in [3.63, 3.8) is 0 Å². The molecule has 0 spiro atoms. The third-order valence-corrected chi connectivity index (χ3v) is 4.62. The van der Waals surface area contributed by atoms with Gasteiger partial charge in [-0.1, -0.05) is 0 Å². The van der Waals surface area contributed by atoms with Crippen LogP contribution >= 0.6 is 63.1 Å². The molecule has 0 aliphatic heterocycles. The molecule has 1 heterocycles. The number of thiol groups is 5. The molecule has 0 saturated carbocycles. The first-order valence-corrected chi connectivity index (χ1v) is 5.65. The summed E-state index contributed by atoms with van der Waals surface area (Å²) in [6.45, 7) is 0. The van der Waals surface area contributed by atoms with Gasteiger partial charge in [0.2, 0.25) is 0 Å². The maximum absolute atomic E-state index is 10.4. The van der Waals surface area contributed by atoms with Crippen LogP contribution in [0.2, 0.25) is 0 Å². The number of hydrogen-bond donors (Lipinski definition) is 5. The van der Waals surface area contributed by atoms with Crippen molar-refractivity contribution in [3.8, 4) is 0 Å². The van der Waals surface area contributed by atoms with Crippen molar-refractivity contribution in [2.45, 2.75) is 7.61 Å². The third kappa shape index (κ3) is 2.41. The molecular formula is C6H8N2OS5. The van der Waals surface area contributed by atoms with Gasteiger partial charge in [0.25, 0.3) is 0 Å². The Kier molecular flexibility index (Phi) is 3.85. The smallest absolute Gasteiger partial charge is 0.180 e. The lowest BCUT2D eigenvalue weighted by Crippen LogP contribution is -2.36. The molecular weight excluding hydrogens is 276 g/mol. The highest BCUT2D eigenvalue weighted by Gasteiger charge is 2.41. The maximum Gasteiger partial charge on any atom is 0.180 e. The van der Waals surface area contributed by atoms with Crippen LogP contribution in [0.15, 0.2) is 12.4 Å². The van der Waals surface area contributed by atoms with Crippen LogP contribution in [0, 0.1) is 0 Å². The first kappa shape index (κ1) is 12.7. The fourth-order valence-electron chi connectivity index (χ4n) is 0.722. The maximum atomic E-state index is 10.4. The minimum atomic E-state index is -1.12. The predicted octanol–water partition coefficient (Wildman–Crippen LogP) is 1.61. The van der Waals surface area contributed by atoms with Gasteiger partial charge in [-0.2, -0.15) is 5.10 Å². The number of carbonyl (C=O) groups is 1. The van der Waals surface area contributed by atoms with Gasteiger partial charge >= 0.3 is 0 Å². The predicted molar refractivity (Wildman–Crippen MR) is 73.2 cm³/mol. The third-order valence-electron chi connectivity index (χ3n) is 1.51. The molecule has 0 atom stereocenters. The molecule has 3 nitrogen and oxygen atoms in total. The van der Waals surface area contributed by atoms with E-state index in [1.165, 1.54) is 17.1 Å². The molecule has 1 aromatic heterocycles. The topological polar surface area (TPSA) is 34.9 Å². The SMILES string of the molecule is O=Cc1cnn(C(S)(S)C(S)(S)S)c1. The van der Waals surface area contributed by atoms with E-state index in [0.717, 1.165) is 0 Å². The molecule has 78 valence electrons. The van der Waals surface area contributed by atoms with Crippen molar-refractivity contribution in [1.82, 2.24) is 9.78 Å². The van der Waals surface area contributed by atoms with Gasteiger partial charge in [-0.15, -0.1) is 63.1 Å². The summed E-state index contributed by atoms with van der Waals surface area (Å²) in [6.07, 6.45) is 3.57. The standard InChI is InChI=1S/C6H8N2OS5/c9-3-4-1-7-8(2-4)5(10,11)6(12,13)14/h1-3,10-14H. The van der Waals surface area contributed by atoms with Gasteiger partial charge in [0, 0.05) is 6.20 Å². The summed E-state index contributed by atoms with van der Waals surface area (Å²) in [5, 5.41) is 3.91. The van der Waals surface area contributed by atoms with Crippen molar-refractivity contribution < 1.29 is 4.79 Å². The largest absolute Gasteiger partial charge is 0.298 e. The molecule has 0 bridgehead atoms. The lowest BCUT2D eigenvalue weighted by atomic mass is 10.4. The van der Waals surface area contributed by atoms with Crippen LogP contribution in [-0.2, 0) is 4.20 Å². The summed E-state index contributed by atoms with van der Waals surface area (Å²) in [7, 11) is 0. The molecule has 0 N–H and O–H groups in total. The summed E-state index contributed by atoms with van der Waals surface area (Å²) in [4.78, 5) is 10.4. The Hall–Kier alpha value is 0.630. The second-order valence-electron chi connectivity index (χ2n) is 2.61.